The first kappa shape index (κ1) is 21.3. The van der Waals surface area contributed by atoms with Crippen molar-refractivity contribution < 1.29 is 4.74 Å². The summed E-state index contributed by atoms with van der Waals surface area (Å²) in [5.74, 6) is 1.99. The van der Waals surface area contributed by atoms with Crippen LogP contribution < -0.4 is 15.8 Å². The molecule has 1 aromatic heterocycles. The molecule has 0 atom stereocenters. The van der Waals surface area contributed by atoms with Crippen LogP contribution in [0.5, 0.6) is 5.75 Å². The SMILES string of the molecule is COc1ccc(NC(N)=NCCCn2c(C)nc3ccccc32)cc1Cl.I. The maximum atomic E-state index is 6.10. The van der Waals surface area contributed by atoms with Gasteiger partial charge in [0.05, 0.1) is 23.2 Å². The molecule has 3 N–H and O–H groups in total. The fraction of sp³-hybridized carbons (Fsp3) is 0.263. The zero-order chi connectivity index (χ0) is 18.5. The second kappa shape index (κ2) is 9.80. The fourth-order valence-electron chi connectivity index (χ4n) is 2.84. The average Bonchev–Trinajstić information content (AvgIpc) is 2.94. The number of aliphatic imine (C=N–C) groups is 1. The van der Waals surface area contributed by atoms with Gasteiger partial charge in [-0.25, -0.2) is 4.98 Å². The number of nitrogens with two attached hydrogens (primary N) is 1. The van der Waals surface area contributed by atoms with Gasteiger partial charge in [0.1, 0.15) is 11.6 Å². The van der Waals surface area contributed by atoms with Gasteiger partial charge in [0.25, 0.3) is 0 Å². The lowest BCUT2D eigenvalue weighted by Gasteiger charge is -2.09. The zero-order valence-corrected chi connectivity index (χ0v) is 18.4. The van der Waals surface area contributed by atoms with E-state index in [0.717, 1.165) is 35.5 Å². The van der Waals surface area contributed by atoms with Gasteiger partial charge in [-0.05, 0) is 43.7 Å². The Morgan fingerprint density at radius 3 is 2.81 bits per heavy atom. The van der Waals surface area contributed by atoms with Crippen molar-refractivity contribution in [1.82, 2.24) is 9.55 Å². The van der Waals surface area contributed by atoms with Crippen molar-refractivity contribution >= 4 is 58.3 Å². The van der Waals surface area contributed by atoms with Crippen molar-refractivity contribution in [3.63, 3.8) is 0 Å². The highest BCUT2D eigenvalue weighted by Gasteiger charge is 2.06. The smallest absolute Gasteiger partial charge is 0.193 e. The van der Waals surface area contributed by atoms with E-state index in [1.807, 2.05) is 31.2 Å². The molecule has 8 heteroatoms. The minimum absolute atomic E-state index is 0. The molecule has 1 heterocycles. The second-order valence-electron chi connectivity index (χ2n) is 5.89. The number of nitrogens with one attached hydrogen (secondary N) is 1. The van der Waals surface area contributed by atoms with Gasteiger partial charge in [-0.3, -0.25) is 4.99 Å². The summed E-state index contributed by atoms with van der Waals surface area (Å²) in [5.41, 5.74) is 8.89. The molecule has 2 aromatic carbocycles. The highest BCUT2D eigenvalue weighted by Crippen LogP contribution is 2.27. The molecule has 3 rings (SSSR count). The summed E-state index contributed by atoms with van der Waals surface area (Å²) in [6, 6.07) is 13.5. The molecule has 0 amide bonds. The fourth-order valence-corrected chi connectivity index (χ4v) is 3.10. The first-order valence-electron chi connectivity index (χ1n) is 8.41. The van der Waals surface area contributed by atoms with Gasteiger partial charge < -0.3 is 20.4 Å². The monoisotopic (exact) mass is 499 g/mol. The summed E-state index contributed by atoms with van der Waals surface area (Å²) in [7, 11) is 1.58. The molecule has 0 fully saturated rings. The number of benzene rings is 2. The number of hydrogen-bond donors (Lipinski definition) is 2. The van der Waals surface area contributed by atoms with Gasteiger partial charge in [-0.1, -0.05) is 23.7 Å². The molecule has 0 saturated carbocycles. The van der Waals surface area contributed by atoms with Crippen molar-refractivity contribution in [1.29, 1.82) is 0 Å². The van der Waals surface area contributed by atoms with E-state index in [1.165, 1.54) is 0 Å². The topological polar surface area (TPSA) is 77.5 Å². The molecular formula is C19H23ClIN5O. The molecular weight excluding hydrogens is 477 g/mol. The summed E-state index contributed by atoms with van der Waals surface area (Å²) in [6.07, 6.45) is 0.868. The van der Waals surface area contributed by atoms with E-state index in [4.69, 9.17) is 22.1 Å². The highest BCUT2D eigenvalue weighted by molar-refractivity contribution is 14.0. The van der Waals surface area contributed by atoms with Gasteiger partial charge in [0.15, 0.2) is 5.96 Å². The predicted octanol–water partition coefficient (Wildman–Crippen LogP) is 4.44. The van der Waals surface area contributed by atoms with Crippen LogP contribution in [0.15, 0.2) is 47.5 Å². The van der Waals surface area contributed by atoms with E-state index in [1.54, 1.807) is 19.2 Å². The van der Waals surface area contributed by atoms with Crippen LogP contribution in [-0.4, -0.2) is 29.2 Å². The molecule has 0 aliphatic rings. The number of halogens is 2. The summed E-state index contributed by atoms with van der Waals surface area (Å²) < 4.78 is 7.34. The number of ether oxygens (including phenoxy) is 1. The number of aromatic nitrogens is 2. The van der Waals surface area contributed by atoms with Crippen LogP contribution in [0.3, 0.4) is 0 Å². The van der Waals surface area contributed by atoms with Crippen molar-refractivity contribution in [2.75, 3.05) is 19.0 Å². The number of guanidine groups is 1. The molecule has 0 unspecified atom stereocenters. The Hall–Kier alpha value is -2.00. The number of aryl methyl sites for hydroxylation is 2. The quantitative estimate of drug-likeness (QED) is 0.227. The molecule has 3 aromatic rings. The summed E-state index contributed by atoms with van der Waals surface area (Å²) in [4.78, 5) is 8.95. The third kappa shape index (κ3) is 5.26. The largest absolute Gasteiger partial charge is 0.495 e. The molecule has 0 aliphatic heterocycles. The molecule has 0 spiro atoms. The number of para-hydroxylation sites is 2. The van der Waals surface area contributed by atoms with Crippen LogP contribution in [0.1, 0.15) is 12.2 Å². The van der Waals surface area contributed by atoms with Crippen LogP contribution in [0.4, 0.5) is 5.69 Å². The van der Waals surface area contributed by atoms with Gasteiger partial charge in [0, 0.05) is 18.8 Å². The average molecular weight is 500 g/mol. The highest BCUT2D eigenvalue weighted by atomic mass is 127. The Morgan fingerprint density at radius 2 is 2.07 bits per heavy atom. The maximum absolute atomic E-state index is 6.10. The normalized spacial score (nSPS) is 11.3. The zero-order valence-electron chi connectivity index (χ0n) is 15.3. The number of methoxy groups -OCH3 is 1. The number of nitrogens with zero attached hydrogens (tertiary/aromatic N) is 3. The van der Waals surface area contributed by atoms with Crippen molar-refractivity contribution in [2.45, 2.75) is 19.9 Å². The minimum atomic E-state index is 0. The van der Waals surface area contributed by atoms with Crippen LogP contribution in [0, 0.1) is 6.92 Å². The van der Waals surface area contributed by atoms with Crippen LogP contribution in [-0.2, 0) is 6.54 Å². The Labute approximate surface area is 180 Å². The Bertz CT molecular complexity index is 941. The maximum Gasteiger partial charge on any atom is 0.193 e. The predicted molar refractivity (Wildman–Crippen MR) is 123 cm³/mol. The van der Waals surface area contributed by atoms with E-state index in [-0.39, 0.29) is 24.0 Å². The first-order chi connectivity index (χ1) is 12.6. The van der Waals surface area contributed by atoms with Crippen molar-refractivity contribution in [3.05, 3.63) is 53.3 Å². The third-order valence-corrected chi connectivity index (χ3v) is 4.39. The van der Waals surface area contributed by atoms with Crippen molar-refractivity contribution in [3.8, 4) is 5.75 Å². The van der Waals surface area contributed by atoms with E-state index in [2.05, 4.69) is 25.9 Å². The first-order valence-corrected chi connectivity index (χ1v) is 8.78. The molecule has 0 aliphatic carbocycles. The van der Waals surface area contributed by atoms with Crippen molar-refractivity contribution in [2.24, 2.45) is 10.7 Å². The number of rotatable bonds is 6. The van der Waals surface area contributed by atoms with Crippen LogP contribution in [0.25, 0.3) is 11.0 Å². The van der Waals surface area contributed by atoms with Crippen LogP contribution in [0.2, 0.25) is 5.02 Å². The van der Waals surface area contributed by atoms with E-state index >= 15 is 0 Å². The standard InChI is InChI=1S/C19H22ClN5O.HI/c1-13-23-16-6-3-4-7-17(16)25(13)11-5-10-22-19(21)24-14-8-9-18(26-2)15(20)12-14;/h3-4,6-9,12H,5,10-11H2,1-2H3,(H3,21,22,24);1H. The lowest BCUT2D eigenvalue weighted by molar-refractivity contribution is 0.415. The van der Waals surface area contributed by atoms with E-state index in [9.17, 15) is 0 Å². The Balaban J connectivity index is 0.00000261. The molecule has 27 heavy (non-hydrogen) atoms. The van der Waals surface area contributed by atoms with Gasteiger partial charge in [0.2, 0.25) is 0 Å². The van der Waals surface area contributed by atoms with E-state index in [0.29, 0.717) is 23.3 Å². The second-order valence-corrected chi connectivity index (χ2v) is 6.30. The number of anilines is 1. The number of imidazole rings is 1. The molecule has 0 bridgehead atoms. The number of fused-ring (bicyclic) bond motifs is 1. The molecule has 0 radical (unpaired) electrons. The van der Waals surface area contributed by atoms with Gasteiger partial charge in [-0.15, -0.1) is 24.0 Å². The lowest BCUT2D eigenvalue weighted by Crippen LogP contribution is -2.23. The molecule has 0 saturated heterocycles. The van der Waals surface area contributed by atoms with E-state index < -0.39 is 0 Å². The molecule has 144 valence electrons. The Kier molecular flexibility index (Phi) is 7.73. The van der Waals surface area contributed by atoms with Gasteiger partial charge in [-0.2, -0.15) is 0 Å². The summed E-state index contributed by atoms with van der Waals surface area (Å²) in [5, 5.41) is 3.56. The van der Waals surface area contributed by atoms with Gasteiger partial charge >= 0.3 is 0 Å². The lowest BCUT2D eigenvalue weighted by atomic mass is 10.3. The van der Waals surface area contributed by atoms with Crippen LogP contribution >= 0.6 is 35.6 Å². The Morgan fingerprint density at radius 1 is 1.30 bits per heavy atom. The molecule has 6 nitrogen and oxygen atoms in total. The third-order valence-electron chi connectivity index (χ3n) is 4.09. The number of hydrogen-bond acceptors (Lipinski definition) is 3. The summed E-state index contributed by atoms with van der Waals surface area (Å²) >= 11 is 6.10. The summed E-state index contributed by atoms with van der Waals surface area (Å²) in [6.45, 7) is 3.48. The minimum Gasteiger partial charge on any atom is -0.495 e.